The summed E-state index contributed by atoms with van der Waals surface area (Å²) in [5.74, 6) is 1.21. The monoisotopic (exact) mass is 272 g/mol. The van der Waals surface area contributed by atoms with Gasteiger partial charge in [-0.05, 0) is 34.3 Å². The molecule has 0 aliphatic carbocycles. The van der Waals surface area contributed by atoms with E-state index >= 15 is 0 Å². The highest BCUT2D eigenvalue weighted by Crippen LogP contribution is 2.25. The number of pyridine rings is 1. The SMILES string of the molecule is COc1nc(CC(C)C)c(Br)cc1CN. The molecule has 0 radical (unpaired) electrons. The van der Waals surface area contributed by atoms with Crippen molar-refractivity contribution in [3.63, 3.8) is 0 Å². The zero-order valence-corrected chi connectivity index (χ0v) is 11.0. The first kappa shape index (κ1) is 12.5. The van der Waals surface area contributed by atoms with Crippen LogP contribution in [0.5, 0.6) is 5.88 Å². The van der Waals surface area contributed by atoms with Gasteiger partial charge in [-0.25, -0.2) is 4.98 Å². The Kier molecular flexibility index (Phi) is 4.54. The van der Waals surface area contributed by atoms with Crippen molar-refractivity contribution >= 4 is 15.9 Å². The van der Waals surface area contributed by atoms with E-state index < -0.39 is 0 Å². The van der Waals surface area contributed by atoms with Crippen molar-refractivity contribution in [2.75, 3.05) is 7.11 Å². The summed E-state index contributed by atoms with van der Waals surface area (Å²) < 4.78 is 6.21. The second-order valence-electron chi connectivity index (χ2n) is 3.89. The first-order valence-electron chi connectivity index (χ1n) is 5.00. The Bertz CT molecular complexity index is 340. The minimum atomic E-state index is 0.441. The van der Waals surface area contributed by atoms with Crippen LogP contribution in [0.2, 0.25) is 0 Å². The standard InChI is InChI=1S/C11H17BrN2O/c1-7(2)4-10-9(12)5-8(6-13)11(14-10)15-3/h5,7H,4,6,13H2,1-3H3. The summed E-state index contributed by atoms with van der Waals surface area (Å²) >= 11 is 3.51. The Morgan fingerprint density at radius 2 is 2.20 bits per heavy atom. The first-order chi connectivity index (χ1) is 7.08. The summed E-state index contributed by atoms with van der Waals surface area (Å²) in [6, 6.07) is 1.99. The van der Waals surface area contributed by atoms with Gasteiger partial charge in [0.25, 0.3) is 0 Å². The van der Waals surface area contributed by atoms with Crippen LogP contribution < -0.4 is 10.5 Å². The Balaban J connectivity index is 3.08. The fourth-order valence-electron chi connectivity index (χ4n) is 1.40. The molecule has 0 aliphatic heterocycles. The van der Waals surface area contributed by atoms with Crippen LogP contribution in [0.4, 0.5) is 0 Å². The maximum atomic E-state index is 5.61. The zero-order valence-electron chi connectivity index (χ0n) is 9.38. The molecule has 0 bridgehead atoms. The third-order valence-corrected chi connectivity index (χ3v) is 2.79. The zero-order chi connectivity index (χ0) is 11.4. The Hall–Kier alpha value is -0.610. The van der Waals surface area contributed by atoms with E-state index in [0.29, 0.717) is 18.3 Å². The lowest BCUT2D eigenvalue weighted by molar-refractivity contribution is 0.390. The van der Waals surface area contributed by atoms with Gasteiger partial charge in [0.05, 0.1) is 12.8 Å². The maximum absolute atomic E-state index is 5.61. The summed E-state index contributed by atoms with van der Waals surface area (Å²) in [7, 11) is 1.62. The van der Waals surface area contributed by atoms with Gasteiger partial charge in [-0.3, -0.25) is 0 Å². The van der Waals surface area contributed by atoms with Crippen molar-refractivity contribution in [3.8, 4) is 5.88 Å². The molecule has 1 heterocycles. The van der Waals surface area contributed by atoms with Crippen molar-refractivity contribution in [3.05, 3.63) is 21.8 Å². The maximum Gasteiger partial charge on any atom is 0.217 e. The van der Waals surface area contributed by atoms with Crippen LogP contribution in [0, 0.1) is 5.92 Å². The number of nitrogens with two attached hydrogens (primary N) is 1. The van der Waals surface area contributed by atoms with Crippen molar-refractivity contribution in [2.24, 2.45) is 11.7 Å². The van der Waals surface area contributed by atoms with Crippen molar-refractivity contribution in [2.45, 2.75) is 26.8 Å². The molecule has 0 amide bonds. The van der Waals surface area contributed by atoms with Crippen molar-refractivity contribution in [1.29, 1.82) is 0 Å². The lowest BCUT2D eigenvalue weighted by atomic mass is 10.1. The molecule has 1 aromatic heterocycles. The number of ether oxygens (including phenoxy) is 1. The Morgan fingerprint density at radius 3 is 2.67 bits per heavy atom. The number of halogens is 1. The Morgan fingerprint density at radius 1 is 1.53 bits per heavy atom. The van der Waals surface area contributed by atoms with Crippen LogP contribution in [0.25, 0.3) is 0 Å². The van der Waals surface area contributed by atoms with Gasteiger partial charge < -0.3 is 10.5 Å². The molecule has 0 atom stereocenters. The van der Waals surface area contributed by atoms with E-state index in [4.69, 9.17) is 10.5 Å². The van der Waals surface area contributed by atoms with Gasteiger partial charge in [0, 0.05) is 16.6 Å². The summed E-state index contributed by atoms with van der Waals surface area (Å²) in [6.45, 7) is 4.77. The van der Waals surface area contributed by atoms with E-state index in [1.165, 1.54) is 0 Å². The van der Waals surface area contributed by atoms with E-state index in [-0.39, 0.29) is 0 Å². The molecule has 0 saturated carbocycles. The predicted octanol–water partition coefficient (Wildman–Crippen LogP) is 2.51. The number of hydrogen-bond acceptors (Lipinski definition) is 3. The molecule has 2 N–H and O–H groups in total. The molecule has 0 spiro atoms. The van der Waals surface area contributed by atoms with Crippen LogP contribution in [0.15, 0.2) is 10.5 Å². The van der Waals surface area contributed by atoms with Gasteiger partial charge in [0.1, 0.15) is 0 Å². The fraction of sp³-hybridized carbons (Fsp3) is 0.545. The molecule has 84 valence electrons. The summed E-state index contributed by atoms with van der Waals surface area (Å²) in [5.41, 5.74) is 7.56. The lowest BCUT2D eigenvalue weighted by Crippen LogP contribution is -2.06. The van der Waals surface area contributed by atoms with Crippen LogP contribution in [-0.2, 0) is 13.0 Å². The average Bonchev–Trinajstić information content (AvgIpc) is 2.19. The molecule has 15 heavy (non-hydrogen) atoms. The molecule has 3 nitrogen and oxygen atoms in total. The lowest BCUT2D eigenvalue weighted by Gasteiger charge is -2.11. The van der Waals surface area contributed by atoms with E-state index in [9.17, 15) is 0 Å². The molecule has 0 aromatic carbocycles. The molecule has 4 heteroatoms. The van der Waals surface area contributed by atoms with Gasteiger partial charge in [-0.15, -0.1) is 0 Å². The van der Waals surface area contributed by atoms with E-state index in [1.54, 1.807) is 7.11 Å². The molecule has 0 fully saturated rings. The second kappa shape index (κ2) is 5.47. The van der Waals surface area contributed by atoms with Crippen LogP contribution in [-0.4, -0.2) is 12.1 Å². The van der Waals surface area contributed by atoms with Gasteiger partial charge in [-0.1, -0.05) is 13.8 Å². The number of hydrogen-bond donors (Lipinski definition) is 1. The minimum Gasteiger partial charge on any atom is -0.481 e. The molecule has 1 aromatic rings. The van der Waals surface area contributed by atoms with Gasteiger partial charge in [-0.2, -0.15) is 0 Å². The number of methoxy groups -OCH3 is 1. The highest BCUT2D eigenvalue weighted by atomic mass is 79.9. The number of nitrogens with zero attached hydrogens (tertiary/aromatic N) is 1. The fourth-order valence-corrected chi connectivity index (χ4v) is 1.93. The number of rotatable bonds is 4. The molecular weight excluding hydrogens is 256 g/mol. The Labute approximate surface area is 99.2 Å². The number of aromatic nitrogens is 1. The highest BCUT2D eigenvalue weighted by Gasteiger charge is 2.10. The molecular formula is C11H17BrN2O. The molecule has 0 unspecified atom stereocenters. The largest absolute Gasteiger partial charge is 0.481 e. The summed E-state index contributed by atoms with van der Waals surface area (Å²) in [6.07, 6.45) is 0.932. The van der Waals surface area contributed by atoms with Gasteiger partial charge in [0.2, 0.25) is 5.88 Å². The topological polar surface area (TPSA) is 48.1 Å². The molecule has 0 aliphatic rings. The summed E-state index contributed by atoms with van der Waals surface area (Å²) in [4.78, 5) is 4.45. The second-order valence-corrected chi connectivity index (χ2v) is 4.74. The summed E-state index contributed by atoms with van der Waals surface area (Å²) in [5, 5.41) is 0. The third kappa shape index (κ3) is 3.18. The van der Waals surface area contributed by atoms with E-state index in [1.807, 2.05) is 6.07 Å². The molecule has 1 rings (SSSR count). The third-order valence-electron chi connectivity index (χ3n) is 2.10. The molecule has 0 saturated heterocycles. The van der Waals surface area contributed by atoms with Crippen molar-refractivity contribution in [1.82, 2.24) is 4.98 Å². The predicted molar refractivity (Wildman–Crippen MR) is 64.9 cm³/mol. The average molecular weight is 273 g/mol. The quantitative estimate of drug-likeness (QED) is 0.917. The van der Waals surface area contributed by atoms with Crippen LogP contribution in [0.1, 0.15) is 25.1 Å². The van der Waals surface area contributed by atoms with Gasteiger partial charge >= 0.3 is 0 Å². The van der Waals surface area contributed by atoms with Crippen LogP contribution >= 0.6 is 15.9 Å². The highest BCUT2D eigenvalue weighted by molar-refractivity contribution is 9.10. The van der Waals surface area contributed by atoms with Gasteiger partial charge in [0.15, 0.2) is 0 Å². The first-order valence-corrected chi connectivity index (χ1v) is 5.80. The van der Waals surface area contributed by atoms with Crippen molar-refractivity contribution < 1.29 is 4.74 Å². The minimum absolute atomic E-state index is 0.441. The van der Waals surface area contributed by atoms with Crippen LogP contribution in [0.3, 0.4) is 0 Å². The normalized spacial score (nSPS) is 10.8. The van der Waals surface area contributed by atoms with E-state index in [2.05, 4.69) is 34.8 Å². The smallest absolute Gasteiger partial charge is 0.217 e. The van der Waals surface area contributed by atoms with E-state index in [0.717, 1.165) is 22.2 Å².